The summed E-state index contributed by atoms with van der Waals surface area (Å²) in [5.41, 5.74) is 5.73. The van der Waals surface area contributed by atoms with Crippen molar-refractivity contribution in [1.29, 1.82) is 0 Å². The molecular weight excluding hydrogens is 548 g/mol. The normalized spacial score (nSPS) is 14.1. The molecule has 1 aliphatic heterocycles. The monoisotopic (exact) mass is 584 g/mol. The van der Waals surface area contributed by atoms with Crippen molar-refractivity contribution in [3.63, 3.8) is 0 Å². The molecule has 42 heavy (non-hydrogen) atoms. The second kappa shape index (κ2) is 11.9. The molecule has 2 aromatic heterocycles. The molecule has 1 fully saturated rings. The Morgan fingerprint density at radius 2 is 1.71 bits per heavy atom. The molecular formula is C32H36N6O3S. The first-order chi connectivity index (χ1) is 20.0. The zero-order chi connectivity index (χ0) is 30.0. The third-order valence-corrected chi connectivity index (χ3v) is 8.74. The summed E-state index contributed by atoms with van der Waals surface area (Å²) in [7, 11) is 0.960. The number of nitrogens with one attached hydrogen (secondary N) is 2. The summed E-state index contributed by atoms with van der Waals surface area (Å²) in [6.07, 6.45) is 3.43. The molecule has 5 rings (SSSR count). The van der Waals surface area contributed by atoms with E-state index in [-0.39, 0.29) is 22.7 Å². The molecule has 10 heteroatoms. The van der Waals surface area contributed by atoms with E-state index in [1.54, 1.807) is 25.5 Å². The summed E-state index contributed by atoms with van der Waals surface area (Å²) in [5, 5.41) is 6.15. The van der Waals surface area contributed by atoms with Gasteiger partial charge in [-0.1, -0.05) is 39.0 Å². The van der Waals surface area contributed by atoms with Gasteiger partial charge in [0.05, 0.1) is 5.69 Å². The van der Waals surface area contributed by atoms with E-state index >= 15 is 0 Å². The van der Waals surface area contributed by atoms with Gasteiger partial charge in [-0.2, -0.15) is 0 Å². The quantitative estimate of drug-likeness (QED) is 0.328. The van der Waals surface area contributed by atoms with Gasteiger partial charge in [0.1, 0.15) is 5.69 Å². The van der Waals surface area contributed by atoms with Gasteiger partial charge in [0.15, 0.2) is 5.82 Å². The number of amides is 1. The van der Waals surface area contributed by atoms with Crippen LogP contribution in [0.15, 0.2) is 71.8 Å². The van der Waals surface area contributed by atoms with Gasteiger partial charge in [0.2, 0.25) is 0 Å². The predicted molar refractivity (Wildman–Crippen MR) is 170 cm³/mol. The molecule has 3 heterocycles. The number of benzene rings is 2. The van der Waals surface area contributed by atoms with Crippen LogP contribution in [0.3, 0.4) is 0 Å². The van der Waals surface area contributed by atoms with E-state index in [0.717, 1.165) is 41.2 Å². The van der Waals surface area contributed by atoms with Crippen molar-refractivity contribution in [2.24, 2.45) is 7.05 Å². The standard InChI is InChI=1S/C32H36N6O3S/c1-21-25(7-6-8-26(21)36-30(39)27-14-9-22(19-33-27)32(2,3)4)28-20-37(5)31(40)29(35-28)34-23-10-12-24(13-11-23)38-15-17-42(41)18-16-38/h6-14,19-20H,15-18H2,1-5H3,(H,34,35)(H,36,39). The van der Waals surface area contributed by atoms with Crippen LogP contribution in [0.2, 0.25) is 0 Å². The fourth-order valence-corrected chi connectivity index (χ4v) is 5.86. The summed E-state index contributed by atoms with van der Waals surface area (Å²) in [6, 6.07) is 17.1. The smallest absolute Gasteiger partial charge is 0.293 e. The van der Waals surface area contributed by atoms with Crippen LogP contribution in [-0.4, -0.2) is 49.2 Å². The highest BCUT2D eigenvalue weighted by Gasteiger charge is 2.18. The van der Waals surface area contributed by atoms with Gasteiger partial charge in [-0.05, 0) is 59.9 Å². The minimum atomic E-state index is -0.730. The van der Waals surface area contributed by atoms with E-state index in [4.69, 9.17) is 0 Å². The van der Waals surface area contributed by atoms with E-state index in [1.165, 1.54) is 4.57 Å². The second-order valence-corrected chi connectivity index (χ2v) is 13.2. The molecule has 0 bridgehead atoms. The Labute approximate surface area is 248 Å². The van der Waals surface area contributed by atoms with Crippen LogP contribution in [0.5, 0.6) is 0 Å². The fourth-order valence-electron chi connectivity index (χ4n) is 4.81. The van der Waals surface area contributed by atoms with Crippen molar-refractivity contribution >= 4 is 39.6 Å². The molecule has 4 aromatic rings. The summed E-state index contributed by atoms with van der Waals surface area (Å²) in [6.45, 7) is 9.75. The van der Waals surface area contributed by atoms with E-state index in [0.29, 0.717) is 28.6 Å². The SMILES string of the molecule is Cc1c(NC(=O)c2ccc(C(C)(C)C)cn2)cccc1-c1cn(C)c(=O)c(Nc2ccc(N3CCS(=O)CC3)cc2)n1. The highest BCUT2D eigenvalue weighted by atomic mass is 32.2. The molecule has 218 valence electrons. The molecule has 0 atom stereocenters. The van der Waals surface area contributed by atoms with Gasteiger partial charge < -0.3 is 20.1 Å². The largest absolute Gasteiger partial charge is 0.370 e. The number of hydrogen-bond acceptors (Lipinski definition) is 7. The predicted octanol–water partition coefficient (Wildman–Crippen LogP) is 5.01. The van der Waals surface area contributed by atoms with E-state index in [2.05, 4.69) is 46.3 Å². The molecule has 0 radical (unpaired) electrons. The first-order valence-electron chi connectivity index (χ1n) is 13.9. The van der Waals surface area contributed by atoms with Crippen molar-refractivity contribution in [3.8, 4) is 11.3 Å². The Morgan fingerprint density at radius 1 is 1.00 bits per heavy atom. The number of nitrogens with zero attached hydrogens (tertiary/aromatic N) is 4. The van der Waals surface area contributed by atoms with E-state index in [9.17, 15) is 13.8 Å². The average molecular weight is 585 g/mol. The minimum Gasteiger partial charge on any atom is -0.370 e. The Balaban J connectivity index is 1.36. The highest BCUT2D eigenvalue weighted by Crippen LogP contribution is 2.29. The molecule has 0 spiro atoms. The minimum absolute atomic E-state index is 0.0520. The Hall–Kier alpha value is -4.31. The van der Waals surface area contributed by atoms with Crippen molar-refractivity contribution < 1.29 is 9.00 Å². The number of rotatable bonds is 6. The maximum atomic E-state index is 13.0. The number of aromatic nitrogens is 3. The van der Waals surface area contributed by atoms with Crippen LogP contribution in [0, 0.1) is 6.92 Å². The summed E-state index contributed by atoms with van der Waals surface area (Å²) in [4.78, 5) is 37.3. The molecule has 2 N–H and O–H groups in total. The molecule has 1 amide bonds. The van der Waals surface area contributed by atoms with Gasteiger partial charge >= 0.3 is 0 Å². The summed E-state index contributed by atoms with van der Waals surface area (Å²) in [5.74, 6) is 1.26. The lowest BCUT2D eigenvalue weighted by atomic mass is 9.88. The van der Waals surface area contributed by atoms with Gasteiger partial charge in [0, 0.05) is 77.5 Å². The number of carbonyl (C=O) groups excluding carboxylic acids is 1. The molecule has 9 nitrogen and oxygen atoms in total. The first kappa shape index (κ1) is 29.2. The molecule has 1 aliphatic rings. The molecule has 0 saturated carbocycles. The molecule has 1 saturated heterocycles. The van der Waals surface area contributed by atoms with Crippen molar-refractivity contribution in [2.75, 3.05) is 40.1 Å². The number of anilines is 4. The summed E-state index contributed by atoms with van der Waals surface area (Å²) < 4.78 is 13.2. The highest BCUT2D eigenvalue weighted by molar-refractivity contribution is 7.85. The third-order valence-electron chi connectivity index (χ3n) is 7.46. The molecule has 0 aliphatic carbocycles. The number of aryl methyl sites for hydroxylation is 1. The Bertz CT molecular complexity index is 1680. The molecule has 2 aromatic carbocycles. The van der Waals surface area contributed by atoms with Crippen molar-refractivity contribution in [3.05, 3.63) is 94.2 Å². The number of hydrogen-bond donors (Lipinski definition) is 2. The second-order valence-electron chi connectivity index (χ2n) is 11.5. The van der Waals surface area contributed by atoms with Gasteiger partial charge in [-0.15, -0.1) is 0 Å². The third kappa shape index (κ3) is 6.44. The van der Waals surface area contributed by atoms with E-state index < -0.39 is 10.8 Å². The average Bonchev–Trinajstić information content (AvgIpc) is 2.97. The van der Waals surface area contributed by atoms with Crippen LogP contribution in [0.1, 0.15) is 42.4 Å². The topological polar surface area (TPSA) is 109 Å². The lowest BCUT2D eigenvalue weighted by Gasteiger charge is -2.28. The van der Waals surface area contributed by atoms with Crippen LogP contribution in [0.25, 0.3) is 11.3 Å². The van der Waals surface area contributed by atoms with Gasteiger partial charge in [-0.3, -0.25) is 18.8 Å². The lowest BCUT2D eigenvalue weighted by molar-refractivity contribution is 0.102. The fraction of sp³-hybridized carbons (Fsp3) is 0.312. The summed E-state index contributed by atoms with van der Waals surface area (Å²) >= 11 is 0. The van der Waals surface area contributed by atoms with Crippen LogP contribution >= 0.6 is 0 Å². The molecule has 0 unspecified atom stereocenters. The Kier molecular flexibility index (Phi) is 8.27. The maximum absolute atomic E-state index is 13.0. The van der Waals surface area contributed by atoms with Crippen LogP contribution in [0.4, 0.5) is 22.9 Å². The number of carbonyl (C=O) groups is 1. The Morgan fingerprint density at radius 3 is 2.36 bits per heavy atom. The zero-order valence-corrected chi connectivity index (χ0v) is 25.4. The van der Waals surface area contributed by atoms with Gasteiger partial charge in [0.25, 0.3) is 11.5 Å². The lowest BCUT2D eigenvalue weighted by Crippen LogP contribution is -2.37. The van der Waals surface area contributed by atoms with Crippen LogP contribution in [-0.2, 0) is 23.3 Å². The van der Waals surface area contributed by atoms with Crippen molar-refractivity contribution in [2.45, 2.75) is 33.1 Å². The first-order valence-corrected chi connectivity index (χ1v) is 15.4. The van der Waals surface area contributed by atoms with Crippen molar-refractivity contribution in [1.82, 2.24) is 14.5 Å². The zero-order valence-electron chi connectivity index (χ0n) is 24.6. The van der Waals surface area contributed by atoms with Crippen LogP contribution < -0.4 is 21.1 Å². The maximum Gasteiger partial charge on any atom is 0.293 e. The van der Waals surface area contributed by atoms with Gasteiger partial charge in [-0.25, -0.2) is 4.98 Å². The number of pyridine rings is 1. The van der Waals surface area contributed by atoms with E-state index in [1.807, 2.05) is 55.5 Å².